The molecule has 0 bridgehead atoms. The quantitative estimate of drug-likeness (QED) is 0.658. The van der Waals surface area contributed by atoms with Crippen LogP contribution in [0.5, 0.6) is 0 Å². The van der Waals surface area contributed by atoms with Crippen molar-refractivity contribution in [1.29, 1.82) is 0 Å². The molecule has 27 heavy (non-hydrogen) atoms. The molecule has 0 spiro atoms. The highest BCUT2D eigenvalue weighted by atomic mass is 16.2. The lowest BCUT2D eigenvalue weighted by Crippen LogP contribution is -2.53. The lowest BCUT2D eigenvalue weighted by Gasteiger charge is -2.36. The fourth-order valence-electron chi connectivity index (χ4n) is 3.35. The van der Waals surface area contributed by atoms with Crippen molar-refractivity contribution in [2.45, 2.75) is 13.5 Å². The van der Waals surface area contributed by atoms with E-state index in [1.54, 1.807) is 14.0 Å². The molecule has 0 saturated carbocycles. The van der Waals surface area contributed by atoms with Crippen LogP contribution in [-0.2, 0) is 11.3 Å². The van der Waals surface area contributed by atoms with Gasteiger partial charge in [-0.3, -0.25) is 9.79 Å². The standard InChI is InChI=1S/C20H28N6O/c1-15(27)25-9-11-26(12-10-25)20(21-2)22-14-16-13-19(24(3)4)23-18-8-6-5-7-17(16)18/h5-8,13H,9-12,14H2,1-4H3,(H,21,22). The zero-order chi connectivity index (χ0) is 19.4. The molecule has 1 aromatic carbocycles. The van der Waals surface area contributed by atoms with E-state index in [9.17, 15) is 4.79 Å². The van der Waals surface area contributed by atoms with Gasteiger partial charge < -0.3 is 20.0 Å². The minimum Gasteiger partial charge on any atom is -0.363 e. The summed E-state index contributed by atoms with van der Waals surface area (Å²) in [7, 11) is 5.80. The van der Waals surface area contributed by atoms with Crippen LogP contribution in [0.3, 0.4) is 0 Å². The second-order valence-electron chi connectivity index (χ2n) is 6.95. The Balaban J connectivity index is 1.74. The Hall–Kier alpha value is -2.83. The van der Waals surface area contributed by atoms with Gasteiger partial charge in [0.1, 0.15) is 5.82 Å². The van der Waals surface area contributed by atoms with Gasteiger partial charge in [-0.05, 0) is 17.7 Å². The first-order valence-electron chi connectivity index (χ1n) is 9.26. The van der Waals surface area contributed by atoms with Crippen molar-refractivity contribution in [3.05, 3.63) is 35.9 Å². The van der Waals surface area contributed by atoms with E-state index < -0.39 is 0 Å². The first-order valence-corrected chi connectivity index (χ1v) is 9.26. The van der Waals surface area contributed by atoms with Gasteiger partial charge in [0.15, 0.2) is 5.96 Å². The maximum Gasteiger partial charge on any atom is 0.219 e. The van der Waals surface area contributed by atoms with Crippen molar-refractivity contribution in [3.8, 4) is 0 Å². The predicted molar refractivity (Wildman–Crippen MR) is 110 cm³/mol. The number of hydrogen-bond acceptors (Lipinski definition) is 4. The van der Waals surface area contributed by atoms with Crippen LogP contribution in [0.15, 0.2) is 35.3 Å². The first kappa shape index (κ1) is 18.9. The van der Waals surface area contributed by atoms with Crippen LogP contribution in [0, 0.1) is 0 Å². The molecule has 1 fully saturated rings. The average Bonchev–Trinajstić information content (AvgIpc) is 2.68. The second kappa shape index (κ2) is 8.24. The summed E-state index contributed by atoms with van der Waals surface area (Å²) in [5, 5.41) is 4.63. The normalized spacial score (nSPS) is 15.2. The fourth-order valence-corrected chi connectivity index (χ4v) is 3.35. The summed E-state index contributed by atoms with van der Waals surface area (Å²) in [5.41, 5.74) is 2.18. The Morgan fingerprint density at radius 3 is 2.48 bits per heavy atom. The van der Waals surface area contributed by atoms with Crippen LogP contribution in [0.4, 0.5) is 5.82 Å². The number of carbonyl (C=O) groups is 1. The van der Waals surface area contributed by atoms with Gasteiger partial charge in [-0.1, -0.05) is 18.2 Å². The predicted octanol–water partition coefficient (Wildman–Crippen LogP) is 1.54. The Morgan fingerprint density at radius 1 is 1.19 bits per heavy atom. The van der Waals surface area contributed by atoms with Gasteiger partial charge in [-0.25, -0.2) is 4.98 Å². The molecule has 0 radical (unpaired) electrons. The molecule has 2 heterocycles. The van der Waals surface area contributed by atoms with Crippen molar-refractivity contribution in [2.75, 3.05) is 52.2 Å². The Kier molecular flexibility index (Phi) is 5.78. The van der Waals surface area contributed by atoms with Crippen LogP contribution < -0.4 is 10.2 Å². The van der Waals surface area contributed by atoms with E-state index in [0.29, 0.717) is 6.54 Å². The largest absolute Gasteiger partial charge is 0.363 e. The number of benzene rings is 1. The van der Waals surface area contributed by atoms with E-state index in [0.717, 1.165) is 48.9 Å². The summed E-state index contributed by atoms with van der Waals surface area (Å²) >= 11 is 0. The third-order valence-electron chi connectivity index (χ3n) is 4.92. The summed E-state index contributed by atoms with van der Waals surface area (Å²) in [6.07, 6.45) is 0. The monoisotopic (exact) mass is 368 g/mol. The van der Waals surface area contributed by atoms with E-state index in [-0.39, 0.29) is 5.91 Å². The molecule has 1 amide bonds. The van der Waals surface area contributed by atoms with Gasteiger partial charge in [0.25, 0.3) is 0 Å². The molecule has 0 atom stereocenters. The van der Waals surface area contributed by atoms with E-state index in [4.69, 9.17) is 4.98 Å². The minimum atomic E-state index is 0.136. The number of anilines is 1. The zero-order valence-corrected chi connectivity index (χ0v) is 16.6. The number of para-hydroxylation sites is 1. The Morgan fingerprint density at radius 2 is 1.85 bits per heavy atom. The van der Waals surface area contributed by atoms with E-state index >= 15 is 0 Å². The molecule has 1 aromatic heterocycles. The smallest absolute Gasteiger partial charge is 0.219 e. The van der Waals surface area contributed by atoms with Crippen molar-refractivity contribution in [2.24, 2.45) is 4.99 Å². The molecule has 1 saturated heterocycles. The van der Waals surface area contributed by atoms with Crippen LogP contribution in [-0.4, -0.2) is 74.0 Å². The molecule has 1 aliphatic heterocycles. The molecule has 7 heteroatoms. The number of hydrogen-bond donors (Lipinski definition) is 1. The Bertz CT molecular complexity index is 839. The summed E-state index contributed by atoms with van der Waals surface area (Å²) in [5.74, 6) is 1.94. The highest BCUT2D eigenvalue weighted by Gasteiger charge is 2.21. The van der Waals surface area contributed by atoms with Gasteiger partial charge in [-0.2, -0.15) is 0 Å². The summed E-state index contributed by atoms with van der Waals surface area (Å²) in [6, 6.07) is 10.3. The molecule has 7 nitrogen and oxygen atoms in total. The number of aliphatic imine (C=N–C) groups is 1. The molecule has 0 unspecified atom stereocenters. The highest BCUT2D eigenvalue weighted by Crippen LogP contribution is 2.22. The molecule has 144 valence electrons. The number of pyridine rings is 1. The molecule has 2 aromatic rings. The SMILES string of the molecule is CN=C(NCc1cc(N(C)C)nc2ccccc12)N1CCN(C(C)=O)CC1. The molecule has 1 N–H and O–H groups in total. The second-order valence-corrected chi connectivity index (χ2v) is 6.95. The third-order valence-corrected chi connectivity index (χ3v) is 4.92. The van der Waals surface area contributed by atoms with Crippen molar-refractivity contribution in [3.63, 3.8) is 0 Å². The molecular formula is C20H28N6O. The minimum absolute atomic E-state index is 0.136. The fraction of sp³-hybridized carbons (Fsp3) is 0.450. The average molecular weight is 368 g/mol. The van der Waals surface area contributed by atoms with Gasteiger partial charge in [-0.15, -0.1) is 0 Å². The number of nitrogens with one attached hydrogen (secondary N) is 1. The van der Waals surface area contributed by atoms with E-state index in [2.05, 4.69) is 27.3 Å². The number of amides is 1. The number of carbonyl (C=O) groups excluding carboxylic acids is 1. The number of guanidine groups is 1. The lowest BCUT2D eigenvalue weighted by atomic mass is 10.1. The number of rotatable bonds is 3. The maximum absolute atomic E-state index is 11.5. The lowest BCUT2D eigenvalue weighted by molar-refractivity contribution is -0.130. The van der Waals surface area contributed by atoms with Gasteiger partial charge in [0, 0.05) is 66.2 Å². The summed E-state index contributed by atoms with van der Waals surface area (Å²) in [4.78, 5) is 26.8. The van der Waals surface area contributed by atoms with Gasteiger partial charge in [0.05, 0.1) is 5.52 Å². The Labute approximate surface area is 160 Å². The van der Waals surface area contributed by atoms with Crippen LogP contribution in [0.2, 0.25) is 0 Å². The molecule has 1 aliphatic rings. The third kappa shape index (κ3) is 4.30. The van der Waals surface area contributed by atoms with Crippen molar-refractivity contribution >= 4 is 28.6 Å². The van der Waals surface area contributed by atoms with E-state index in [1.807, 2.05) is 42.1 Å². The maximum atomic E-state index is 11.5. The number of aromatic nitrogens is 1. The summed E-state index contributed by atoms with van der Waals surface area (Å²) < 4.78 is 0. The summed E-state index contributed by atoms with van der Waals surface area (Å²) in [6.45, 7) is 5.35. The van der Waals surface area contributed by atoms with Crippen molar-refractivity contribution in [1.82, 2.24) is 20.1 Å². The molecular weight excluding hydrogens is 340 g/mol. The van der Waals surface area contributed by atoms with Gasteiger partial charge >= 0.3 is 0 Å². The number of piperazine rings is 1. The van der Waals surface area contributed by atoms with Gasteiger partial charge in [0.2, 0.25) is 5.91 Å². The van der Waals surface area contributed by atoms with E-state index in [1.165, 1.54) is 5.56 Å². The van der Waals surface area contributed by atoms with Crippen LogP contribution in [0.1, 0.15) is 12.5 Å². The topological polar surface area (TPSA) is 64.1 Å². The first-order chi connectivity index (χ1) is 13.0. The van der Waals surface area contributed by atoms with Crippen LogP contribution in [0.25, 0.3) is 10.9 Å². The number of fused-ring (bicyclic) bond motifs is 1. The van der Waals surface area contributed by atoms with Crippen LogP contribution >= 0.6 is 0 Å². The highest BCUT2D eigenvalue weighted by molar-refractivity contribution is 5.85. The van der Waals surface area contributed by atoms with Crippen molar-refractivity contribution < 1.29 is 4.79 Å². The zero-order valence-electron chi connectivity index (χ0n) is 16.6. The number of nitrogens with zero attached hydrogens (tertiary/aromatic N) is 5. The molecule has 0 aliphatic carbocycles. The molecule has 3 rings (SSSR count).